The van der Waals surface area contributed by atoms with Gasteiger partial charge in [0.2, 0.25) is 5.91 Å². The smallest absolute Gasteiger partial charge is 0.226 e. The molecule has 21 heavy (non-hydrogen) atoms. The van der Waals surface area contributed by atoms with Crippen LogP contribution in [0.2, 0.25) is 0 Å². The molecule has 0 unspecified atom stereocenters. The predicted molar refractivity (Wildman–Crippen MR) is 87.6 cm³/mol. The van der Waals surface area contributed by atoms with Crippen LogP contribution in [0, 0.1) is 5.92 Å². The van der Waals surface area contributed by atoms with Crippen LogP contribution in [0.15, 0.2) is 24.3 Å². The van der Waals surface area contributed by atoms with E-state index in [9.17, 15) is 4.79 Å². The number of carbonyl (C=O) groups is 1. The van der Waals surface area contributed by atoms with E-state index in [2.05, 4.69) is 38.1 Å². The normalized spacial score (nSPS) is 21.3. The highest BCUT2D eigenvalue weighted by atomic mass is 16.2. The lowest BCUT2D eigenvalue weighted by Gasteiger charge is -2.39. The second-order valence-electron chi connectivity index (χ2n) is 7.39. The van der Waals surface area contributed by atoms with Crippen LogP contribution in [-0.2, 0) is 10.2 Å². The molecule has 0 N–H and O–H groups in total. The summed E-state index contributed by atoms with van der Waals surface area (Å²) in [5, 5.41) is 0. The van der Waals surface area contributed by atoms with Gasteiger partial charge in [-0.05, 0) is 35.8 Å². The van der Waals surface area contributed by atoms with Gasteiger partial charge in [-0.3, -0.25) is 4.79 Å². The maximum atomic E-state index is 12.7. The third-order valence-electron chi connectivity index (χ3n) is 5.43. The van der Waals surface area contributed by atoms with Crippen molar-refractivity contribution >= 4 is 11.6 Å². The topological polar surface area (TPSA) is 20.3 Å². The molecule has 1 fully saturated rings. The number of benzene rings is 1. The molecule has 2 heteroatoms. The number of rotatable bonds is 3. The fourth-order valence-corrected chi connectivity index (χ4v) is 3.95. The highest BCUT2D eigenvalue weighted by Crippen LogP contribution is 2.40. The zero-order valence-electron chi connectivity index (χ0n) is 13.4. The molecule has 1 aromatic carbocycles. The van der Waals surface area contributed by atoms with E-state index < -0.39 is 0 Å². The summed E-state index contributed by atoms with van der Waals surface area (Å²) in [5.74, 6) is 1.12. The van der Waals surface area contributed by atoms with Crippen LogP contribution < -0.4 is 4.90 Å². The van der Waals surface area contributed by atoms with Gasteiger partial charge in [0.05, 0.1) is 0 Å². The predicted octanol–water partition coefficient (Wildman–Crippen LogP) is 4.67. The van der Waals surface area contributed by atoms with Gasteiger partial charge < -0.3 is 4.90 Å². The molecular weight excluding hydrogens is 258 g/mol. The number of amides is 1. The molecule has 1 aliphatic heterocycles. The standard InChI is InChI=1S/C19H27NO/c1-19(2)13-14-20(17-10-6-5-9-16(17)19)18(21)12-11-15-7-3-4-8-15/h5-6,9-10,15H,3-4,7-8,11-14H2,1-2H3. The van der Waals surface area contributed by atoms with Gasteiger partial charge in [0, 0.05) is 18.7 Å². The summed E-state index contributed by atoms with van der Waals surface area (Å²) in [6, 6.07) is 8.44. The summed E-state index contributed by atoms with van der Waals surface area (Å²) in [6.07, 6.45) is 8.24. The Kier molecular flexibility index (Phi) is 4.05. The fourth-order valence-electron chi connectivity index (χ4n) is 3.95. The summed E-state index contributed by atoms with van der Waals surface area (Å²) in [7, 11) is 0. The average Bonchev–Trinajstić information content (AvgIpc) is 2.98. The molecule has 1 heterocycles. The number of hydrogen-bond acceptors (Lipinski definition) is 1. The first-order valence-corrected chi connectivity index (χ1v) is 8.48. The molecule has 1 aromatic rings. The van der Waals surface area contributed by atoms with E-state index in [1.807, 2.05) is 4.90 Å². The first kappa shape index (κ1) is 14.6. The number of carbonyl (C=O) groups excluding carboxylic acids is 1. The van der Waals surface area contributed by atoms with Gasteiger partial charge >= 0.3 is 0 Å². The van der Waals surface area contributed by atoms with Crippen molar-refractivity contribution in [2.45, 2.75) is 64.2 Å². The Morgan fingerprint density at radius 1 is 1.24 bits per heavy atom. The fraction of sp³-hybridized carbons (Fsp3) is 0.632. The van der Waals surface area contributed by atoms with E-state index in [0.29, 0.717) is 5.91 Å². The summed E-state index contributed by atoms with van der Waals surface area (Å²) >= 11 is 0. The monoisotopic (exact) mass is 285 g/mol. The highest BCUT2D eigenvalue weighted by Gasteiger charge is 2.33. The molecule has 1 aliphatic carbocycles. The van der Waals surface area contributed by atoms with Gasteiger partial charge in [-0.2, -0.15) is 0 Å². The molecule has 114 valence electrons. The Morgan fingerprint density at radius 2 is 1.95 bits per heavy atom. The van der Waals surface area contributed by atoms with Crippen molar-refractivity contribution in [2.75, 3.05) is 11.4 Å². The van der Waals surface area contributed by atoms with Gasteiger partial charge in [0.25, 0.3) is 0 Å². The molecule has 0 saturated heterocycles. The summed E-state index contributed by atoms with van der Waals surface area (Å²) in [4.78, 5) is 14.7. The quantitative estimate of drug-likeness (QED) is 0.790. The van der Waals surface area contributed by atoms with Gasteiger partial charge in [0.1, 0.15) is 0 Å². The van der Waals surface area contributed by atoms with E-state index in [-0.39, 0.29) is 5.41 Å². The van der Waals surface area contributed by atoms with E-state index in [1.54, 1.807) is 0 Å². The van der Waals surface area contributed by atoms with Gasteiger partial charge in [-0.1, -0.05) is 57.7 Å². The molecule has 0 aromatic heterocycles. The van der Waals surface area contributed by atoms with Crippen molar-refractivity contribution in [3.63, 3.8) is 0 Å². The largest absolute Gasteiger partial charge is 0.312 e. The van der Waals surface area contributed by atoms with Crippen molar-refractivity contribution in [1.29, 1.82) is 0 Å². The lowest BCUT2D eigenvalue weighted by Crippen LogP contribution is -2.41. The zero-order chi connectivity index (χ0) is 14.9. The van der Waals surface area contributed by atoms with Crippen molar-refractivity contribution in [3.05, 3.63) is 29.8 Å². The van der Waals surface area contributed by atoms with Crippen molar-refractivity contribution in [2.24, 2.45) is 5.92 Å². The van der Waals surface area contributed by atoms with E-state index in [1.165, 1.54) is 31.2 Å². The van der Waals surface area contributed by atoms with Gasteiger partial charge in [-0.15, -0.1) is 0 Å². The molecule has 0 radical (unpaired) electrons. The molecule has 1 saturated carbocycles. The first-order valence-electron chi connectivity index (χ1n) is 8.48. The van der Waals surface area contributed by atoms with Crippen LogP contribution in [-0.4, -0.2) is 12.5 Å². The number of anilines is 1. The molecule has 0 spiro atoms. The van der Waals surface area contributed by atoms with Crippen LogP contribution in [0.5, 0.6) is 0 Å². The third kappa shape index (κ3) is 3.00. The van der Waals surface area contributed by atoms with Crippen molar-refractivity contribution in [1.82, 2.24) is 0 Å². The van der Waals surface area contributed by atoms with Gasteiger partial charge in [-0.25, -0.2) is 0 Å². The Labute approximate surface area is 128 Å². The second kappa shape index (κ2) is 5.82. The lowest BCUT2D eigenvalue weighted by atomic mass is 9.77. The second-order valence-corrected chi connectivity index (χ2v) is 7.39. The summed E-state index contributed by atoms with van der Waals surface area (Å²) in [6.45, 7) is 5.44. The van der Waals surface area contributed by atoms with Crippen molar-refractivity contribution < 1.29 is 4.79 Å². The number of hydrogen-bond donors (Lipinski definition) is 0. The maximum absolute atomic E-state index is 12.7. The molecule has 1 amide bonds. The van der Waals surface area contributed by atoms with Crippen LogP contribution in [0.3, 0.4) is 0 Å². The minimum absolute atomic E-state index is 0.179. The molecule has 0 bridgehead atoms. The minimum Gasteiger partial charge on any atom is -0.312 e. The zero-order valence-corrected chi connectivity index (χ0v) is 13.4. The van der Waals surface area contributed by atoms with Crippen LogP contribution >= 0.6 is 0 Å². The lowest BCUT2D eigenvalue weighted by molar-refractivity contribution is -0.119. The van der Waals surface area contributed by atoms with E-state index >= 15 is 0 Å². The van der Waals surface area contributed by atoms with E-state index in [4.69, 9.17) is 0 Å². The number of para-hydroxylation sites is 1. The molecule has 2 nitrogen and oxygen atoms in total. The Morgan fingerprint density at radius 3 is 2.71 bits per heavy atom. The number of nitrogens with zero attached hydrogens (tertiary/aromatic N) is 1. The Balaban J connectivity index is 1.72. The molecule has 2 aliphatic rings. The van der Waals surface area contributed by atoms with E-state index in [0.717, 1.165) is 37.4 Å². The first-order chi connectivity index (χ1) is 10.1. The highest BCUT2D eigenvalue weighted by molar-refractivity contribution is 5.94. The summed E-state index contributed by atoms with van der Waals surface area (Å²) in [5.41, 5.74) is 2.65. The molecule has 0 atom stereocenters. The Bertz CT molecular complexity index is 514. The Hall–Kier alpha value is -1.31. The average molecular weight is 285 g/mol. The van der Waals surface area contributed by atoms with Crippen molar-refractivity contribution in [3.8, 4) is 0 Å². The SMILES string of the molecule is CC1(C)CCN(C(=O)CCC2CCCC2)c2ccccc21. The minimum atomic E-state index is 0.179. The van der Waals surface area contributed by atoms with Crippen LogP contribution in [0.25, 0.3) is 0 Å². The summed E-state index contributed by atoms with van der Waals surface area (Å²) < 4.78 is 0. The van der Waals surface area contributed by atoms with Gasteiger partial charge in [0.15, 0.2) is 0 Å². The number of fused-ring (bicyclic) bond motifs is 1. The maximum Gasteiger partial charge on any atom is 0.226 e. The third-order valence-corrected chi connectivity index (χ3v) is 5.43. The van der Waals surface area contributed by atoms with Crippen LogP contribution in [0.4, 0.5) is 5.69 Å². The molecule has 3 rings (SSSR count). The van der Waals surface area contributed by atoms with Crippen LogP contribution in [0.1, 0.15) is 64.4 Å². The molecular formula is C19H27NO.